The summed E-state index contributed by atoms with van der Waals surface area (Å²) < 4.78 is 7.01. The lowest BCUT2D eigenvalue weighted by Crippen LogP contribution is -2.50. The highest BCUT2D eigenvalue weighted by atomic mass is 16.5. The highest BCUT2D eigenvalue weighted by molar-refractivity contribution is 6.47. The molecule has 1 amide bonds. The van der Waals surface area contributed by atoms with Crippen molar-refractivity contribution in [3.8, 4) is 11.1 Å². The summed E-state index contributed by atoms with van der Waals surface area (Å²) in [4.78, 5) is 30.8. The van der Waals surface area contributed by atoms with Gasteiger partial charge in [-0.05, 0) is 49.2 Å². The summed E-state index contributed by atoms with van der Waals surface area (Å²) in [6, 6.07) is 17.8. The first kappa shape index (κ1) is 24.7. The molecule has 0 aliphatic carbocycles. The molecule has 1 saturated heterocycles. The number of hydrogen-bond donors (Lipinski definition) is 1. The van der Waals surface area contributed by atoms with Gasteiger partial charge < -0.3 is 19.5 Å². The molecule has 1 N–H and O–H groups in total. The van der Waals surface area contributed by atoms with Crippen LogP contribution >= 0.6 is 0 Å². The number of ketones is 1. The fourth-order valence-corrected chi connectivity index (χ4v) is 4.84. The first-order valence-corrected chi connectivity index (χ1v) is 12.0. The quantitative estimate of drug-likeness (QED) is 0.395. The fourth-order valence-electron chi connectivity index (χ4n) is 4.84. The molecular formula is C28H34N4O3. The number of rotatable bonds is 8. The summed E-state index contributed by atoms with van der Waals surface area (Å²) in [5.41, 5.74) is 4.77. The Balaban J connectivity index is 1.41. The van der Waals surface area contributed by atoms with Gasteiger partial charge in [-0.15, -0.1) is 0 Å². The van der Waals surface area contributed by atoms with Crippen molar-refractivity contribution in [2.24, 2.45) is 7.05 Å². The van der Waals surface area contributed by atoms with Crippen LogP contribution in [0.2, 0.25) is 0 Å². The number of nitrogens with one attached hydrogen (secondary N) is 1. The molecule has 1 atom stereocenters. The van der Waals surface area contributed by atoms with Gasteiger partial charge in [0.15, 0.2) is 0 Å². The highest BCUT2D eigenvalue weighted by Crippen LogP contribution is 2.29. The molecule has 3 aromatic rings. The lowest BCUT2D eigenvalue weighted by atomic mass is 10.00. The number of anilines is 2. The van der Waals surface area contributed by atoms with Gasteiger partial charge in [-0.1, -0.05) is 30.3 Å². The molecular weight excluding hydrogens is 440 g/mol. The predicted molar refractivity (Wildman–Crippen MR) is 140 cm³/mol. The summed E-state index contributed by atoms with van der Waals surface area (Å²) in [5.74, 6) is -1.19. The number of hydrogen-bond acceptors (Lipinski definition) is 5. The fraction of sp³-hybridized carbons (Fsp3) is 0.357. The van der Waals surface area contributed by atoms with Crippen LogP contribution in [0.15, 0.2) is 60.8 Å². The van der Waals surface area contributed by atoms with Crippen molar-refractivity contribution in [1.82, 2.24) is 9.47 Å². The number of carbonyl (C=O) groups excluding carboxylic acids is 2. The van der Waals surface area contributed by atoms with Gasteiger partial charge in [0.1, 0.15) is 5.69 Å². The Hall–Kier alpha value is -3.42. The van der Waals surface area contributed by atoms with E-state index in [2.05, 4.69) is 22.0 Å². The number of nitrogens with zero attached hydrogens (tertiary/aromatic N) is 3. The molecule has 0 radical (unpaired) electrons. The monoisotopic (exact) mass is 474 g/mol. The van der Waals surface area contributed by atoms with Crippen LogP contribution in [0.1, 0.15) is 23.0 Å². The van der Waals surface area contributed by atoms with Gasteiger partial charge in [0.25, 0.3) is 11.7 Å². The van der Waals surface area contributed by atoms with Crippen molar-refractivity contribution in [1.29, 1.82) is 0 Å². The van der Waals surface area contributed by atoms with Gasteiger partial charge in [-0.3, -0.25) is 14.5 Å². The van der Waals surface area contributed by atoms with E-state index in [9.17, 15) is 9.59 Å². The number of amides is 1. The van der Waals surface area contributed by atoms with Crippen molar-refractivity contribution >= 4 is 23.1 Å². The van der Waals surface area contributed by atoms with E-state index in [4.69, 9.17) is 4.74 Å². The average molecular weight is 475 g/mol. The molecule has 1 fully saturated rings. The largest absolute Gasteiger partial charge is 0.383 e. The molecule has 1 unspecified atom stereocenters. The van der Waals surface area contributed by atoms with Crippen molar-refractivity contribution < 1.29 is 14.3 Å². The number of Topliss-reactive ketones (excluding diaryl/α,β-unsaturated/α-hetero) is 1. The number of ether oxygens (including phenoxy) is 1. The molecule has 184 valence electrons. The average Bonchev–Trinajstić information content (AvgIpc) is 3.18. The standard InChI is InChI=1S/C28H34N4O3/c1-20-18-30(3)26(25(20)22-8-6-5-7-9-22)27(33)28(34)29-23-10-12-24(13-11-23)32-16-14-31(15-17-32)21(2)19-35-4/h5-13,18,21H,14-17,19H2,1-4H3,(H,29,34). The maximum absolute atomic E-state index is 13.2. The van der Waals surface area contributed by atoms with E-state index in [1.807, 2.05) is 67.7 Å². The second kappa shape index (κ2) is 10.9. The van der Waals surface area contributed by atoms with E-state index in [0.29, 0.717) is 17.4 Å². The lowest BCUT2D eigenvalue weighted by Gasteiger charge is -2.39. The van der Waals surface area contributed by atoms with E-state index in [1.165, 1.54) is 0 Å². The molecule has 4 rings (SSSR count). The maximum Gasteiger partial charge on any atom is 0.298 e. The van der Waals surface area contributed by atoms with Crippen LogP contribution in [0, 0.1) is 6.92 Å². The highest BCUT2D eigenvalue weighted by Gasteiger charge is 2.26. The van der Waals surface area contributed by atoms with Gasteiger partial charge in [0.05, 0.1) is 6.61 Å². The Morgan fingerprint density at radius 2 is 1.66 bits per heavy atom. The van der Waals surface area contributed by atoms with E-state index in [1.54, 1.807) is 18.7 Å². The van der Waals surface area contributed by atoms with Gasteiger partial charge >= 0.3 is 0 Å². The molecule has 0 bridgehead atoms. The van der Waals surface area contributed by atoms with Gasteiger partial charge in [-0.2, -0.15) is 0 Å². The molecule has 2 heterocycles. The van der Waals surface area contributed by atoms with Crippen molar-refractivity contribution in [3.05, 3.63) is 72.1 Å². The second-order valence-corrected chi connectivity index (χ2v) is 9.17. The minimum Gasteiger partial charge on any atom is -0.383 e. The summed E-state index contributed by atoms with van der Waals surface area (Å²) in [7, 11) is 3.54. The van der Waals surface area contributed by atoms with E-state index in [0.717, 1.165) is 55.2 Å². The molecule has 1 aliphatic rings. The van der Waals surface area contributed by atoms with Crippen molar-refractivity contribution in [3.63, 3.8) is 0 Å². The minimum atomic E-state index is -0.642. The number of aromatic nitrogens is 1. The number of methoxy groups -OCH3 is 1. The van der Waals surface area contributed by atoms with Crippen LogP contribution in [-0.4, -0.2) is 67.1 Å². The van der Waals surface area contributed by atoms with Crippen LogP contribution in [0.4, 0.5) is 11.4 Å². The van der Waals surface area contributed by atoms with Crippen LogP contribution in [0.3, 0.4) is 0 Å². The SMILES string of the molecule is COCC(C)N1CCN(c2ccc(NC(=O)C(=O)c3c(-c4ccccc4)c(C)cn3C)cc2)CC1. The van der Waals surface area contributed by atoms with Crippen LogP contribution < -0.4 is 10.2 Å². The molecule has 1 aliphatic heterocycles. The van der Waals surface area contributed by atoms with Crippen LogP contribution in [0.25, 0.3) is 11.1 Å². The van der Waals surface area contributed by atoms with Gasteiger partial charge in [0, 0.05) is 69.5 Å². The smallest absolute Gasteiger partial charge is 0.298 e. The van der Waals surface area contributed by atoms with E-state index >= 15 is 0 Å². The second-order valence-electron chi connectivity index (χ2n) is 9.17. The van der Waals surface area contributed by atoms with E-state index < -0.39 is 11.7 Å². The molecule has 1 aromatic heterocycles. The zero-order valence-corrected chi connectivity index (χ0v) is 21.0. The van der Waals surface area contributed by atoms with Crippen LogP contribution in [0.5, 0.6) is 0 Å². The number of benzene rings is 2. The predicted octanol–water partition coefficient (Wildman–Crippen LogP) is 3.98. The van der Waals surface area contributed by atoms with Crippen molar-refractivity contribution in [2.45, 2.75) is 19.9 Å². The first-order valence-electron chi connectivity index (χ1n) is 12.0. The summed E-state index contributed by atoms with van der Waals surface area (Å²) in [5, 5.41) is 2.78. The number of aryl methyl sites for hydroxylation is 2. The summed E-state index contributed by atoms with van der Waals surface area (Å²) in [6.07, 6.45) is 1.88. The molecule has 7 nitrogen and oxygen atoms in total. The summed E-state index contributed by atoms with van der Waals surface area (Å²) in [6.45, 7) is 8.73. The minimum absolute atomic E-state index is 0.392. The Morgan fingerprint density at radius 1 is 1.00 bits per heavy atom. The van der Waals surface area contributed by atoms with Crippen LogP contribution in [-0.2, 0) is 16.6 Å². The van der Waals surface area contributed by atoms with Gasteiger partial charge in [-0.25, -0.2) is 0 Å². The van der Waals surface area contributed by atoms with E-state index in [-0.39, 0.29) is 0 Å². The van der Waals surface area contributed by atoms with Crippen molar-refractivity contribution in [2.75, 3.05) is 50.1 Å². The lowest BCUT2D eigenvalue weighted by molar-refractivity contribution is -0.112. The summed E-state index contributed by atoms with van der Waals surface area (Å²) >= 11 is 0. The number of carbonyl (C=O) groups is 2. The molecule has 2 aromatic carbocycles. The molecule has 7 heteroatoms. The zero-order valence-electron chi connectivity index (χ0n) is 21.0. The zero-order chi connectivity index (χ0) is 24.9. The molecule has 0 spiro atoms. The normalized spacial score (nSPS) is 15.1. The molecule has 35 heavy (non-hydrogen) atoms. The topological polar surface area (TPSA) is 66.8 Å². The van der Waals surface area contributed by atoms with Gasteiger partial charge in [0.2, 0.25) is 0 Å². The first-order chi connectivity index (χ1) is 16.9. The Labute approximate surface area is 207 Å². The maximum atomic E-state index is 13.2. The number of piperazine rings is 1. The Bertz CT molecular complexity index is 1160. The Morgan fingerprint density at radius 3 is 2.29 bits per heavy atom. The third kappa shape index (κ3) is 5.47. The third-order valence-corrected chi connectivity index (χ3v) is 6.69. The molecule has 0 saturated carbocycles. The third-order valence-electron chi connectivity index (χ3n) is 6.69. The Kier molecular flexibility index (Phi) is 7.68.